The molecule has 36 heavy (non-hydrogen) atoms. The fourth-order valence-electron chi connectivity index (χ4n) is 4.15. The molecule has 5 nitrogen and oxygen atoms in total. The summed E-state index contributed by atoms with van der Waals surface area (Å²) in [7, 11) is 0. The van der Waals surface area contributed by atoms with Crippen molar-refractivity contribution in [3.05, 3.63) is 35.9 Å². The minimum absolute atomic E-state index is 0.367. The summed E-state index contributed by atoms with van der Waals surface area (Å²) in [6.07, 6.45) is 15.3. The smallest absolute Gasteiger partial charge is 0.323 e. The molecule has 0 spiro atoms. The lowest BCUT2D eigenvalue weighted by Gasteiger charge is -2.25. The number of unbranched alkanes of at least 4 members (excludes halogenated alkanes) is 11. The molecule has 206 valence electrons. The van der Waals surface area contributed by atoms with Gasteiger partial charge in [0, 0.05) is 6.61 Å². The van der Waals surface area contributed by atoms with Gasteiger partial charge in [-0.2, -0.15) is 0 Å². The van der Waals surface area contributed by atoms with Crippen LogP contribution in [0.3, 0.4) is 0 Å². The Hall–Kier alpha value is -1.88. The van der Waals surface area contributed by atoms with Crippen molar-refractivity contribution in [3.63, 3.8) is 0 Å². The molecule has 1 rings (SSSR count). The molecule has 5 heteroatoms. The normalized spacial score (nSPS) is 11.4. The highest BCUT2D eigenvalue weighted by atomic mass is 16.6. The molecule has 0 heterocycles. The Morgan fingerprint density at radius 2 is 1.11 bits per heavy atom. The molecule has 0 N–H and O–H groups in total. The Bertz CT molecular complexity index is 643. The number of carbonyl (C=O) groups excluding carboxylic acids is 2. The van der Waals surface area contributed by atoms with Gasteiger partial charge < -0.3 is 14.2 Å². The van der Waals surface area contributed by atoms with Crippen molar-refractivity contribution in [1.29, 1.82) is 0 Å². The van der Waals surface area contributed by atoms with E-state index in [-0.39, 0.29) is 0 Å². The Balaban J connectivity index is 2.45. The topological polar surface area (TPSA) is 61.8 Å². The van der Waals surface area contributed by atoms with Crippen LogP contribution in [0.1, 0.15) is 123 Å². The summed E-state index contributed by atoms with van der Waals surface area (Å²) in [5.74, 6) is -0.900. The van der Waals surface area contributed by atoms with Crippen LogP contribution in [0, 0.1) is 5.41 Å². The maximum Gasteiger partial charge on any atom is 0.323 e. The van der Waals surface area contributed by atoms with Crippen LogP contribution in [0.2, 0.25) is 0 Å². The number of hydrogen-bond donors (Lipinski definition) is 0. The second-order valence-electron chi connectivity index (χ2n) is 10.1. The number of rotatable bonds is 23. The molecule has 0 aliphatic heterocycles. The van der Waals surface area contributed by atoms with Gasteiger partial charge in [0.05, 0.1) is 19.8 Å². The number of esters is 2. The van der Waals surface area contributed by atoms with E-state index in [0.29, 0.717) is 39.3 Å². The van der Waals surface area contributed by atoms with Gasteiger partial charge in [0.15, 0.2) is 5.41 Å². The molecule has 0 atom stereocenters. The molecule has 1 aromatic carbocycles. The van der Waals surface area contributed by atoms with Crippen LogP contribution < -0.4 is 0 Å². The zero-order valence-electron chi connectivity index (χ0n) is 23.4. The van der Waals surface area contributed by atoms with E-state index in [9.17, 15) is 9.59 Å². The van der Waals surface area contributed by atoms with Crippen LogP contribution in [0.15, 0.2) is 30.3 Å². The van der Waals surface area contributed by atoms with E-state index in [1.54, 1.807) is 6.92 Å². The first-order valence-corrected chi connectivity index (χ1v) is 14.5. The van der Waals surface area contributed by atoms with Gasteiger partial charge in [0.2, 0.25) is 0 Å². The van der Waals surface area contributed by atoms with E-state index in [0.717, 1.165) is 50.5 Å². The highest BCUT2D eigenvalue weighted by molar-refractivity contribution is 5.99. The van der Waals surface area contributed by atoms with Gasteiger partial charge in [-0.25, -0.2) is 0 Å². The van der Waals surface area contributed by atoms with E-state index in [1.165, 1.54) is 38.5 Å². The number of ether oxygens (including phenoxy) is 3. The van der Waals surface area contributed by atoms with E-state index in [2.05, 4.69) is 13.8 Å². The molecule has 0 aromatic heterocycles. The lowest BCUT2D eigenvalue weighted by molar-refractivity contribution is -0.172. The summed E-state index contributed by atoms with van der Waals surface area (Å²) >= 11 is 0. The second kappa shape index (κ2) is 21.2. The largest absolute Gasteiger partial charge is 0.465 e. The molecule has 0 aliphatic carbocycles. The number of carbonyl (C=O) groups is 2. The summed E-state index contributed by atoms with van der Waals surface area (Å²) in [4.78, 5) is 26.0. The first-order valence-electron chi connectivity index (χ1n) is 14.5. The molecule has 0 saturated heterocycles. The quantitative estimate of drug-likeness (QED) is 0.0854. The summed E-state index contributed by atoms with van der Waals surface area (Å²) in [6, 6.07) is 10.1. The molecule has 0 unspecified atom stereocenters. The molecule has 0 bridgehead atoms. The van der Waals surface area contributed by atoms with Gasteiger partial charge in [-0.1, -0.05) is 108 Å². The highest BCUT2D eigenvalue weighted by Gasteiger charge is 2.43. The molecular formula is C31H52O5. The van der Waals surface area contributed by atoms with Gasteiger partial charge in [-0.05, 0) is 44.6 Å². The zero-order valence-corrected chi connectivity index (χ0v) is 23.4. The van der Waals surface area contributed by atoms with E-state index >= 15 is 0 Å². The van der Waals surface area contributed by atoms with Crippen LogP contribution in [-0.2, 0) is 30.4 Å². The van der Waals surface area contributed by atoms with Crippen molar-refractivity contribution >= 4 is 11.9 Å². The predicted octanol–water partition coefficient (Wildman–Crippen LogP) is 8.19. The molecular weight excluding hydrogens is 452 g/mol. The van der Waals surface area contributed by atoms with Crippen LogP contribution in [0.4, 0.5) is 0 Å². The van der Waals surface area contributed by atoms with Crippen molar-refractivity contribution in [2.24, 2.45) is 5.41 Å². The molecule has 0 saturated carbocycles. The highest BCUT2D eigenvalue weighted by Crippen LogP contribution is 2.28. The minimum Gasteiger partial charge on any atom is -0.465 e. The predicted molar refractivity (Wildman–Crippen MR) is 147 cm³/mol. The Morgan fingerprint density at radius 3 is 1.64 bits per heavy atom. The molecule has 0 fully saturated rings. The lowest BCUT2D eigenvalue weighted by atomic mass is 9.85. The van der Waals surface area contributed by atoms with Crippen molar-refractivity contribution < 1.29 is 23.8 Å². The fraction of sp³-hybridized carbons (Fsp3) is 0.742. The van der Waals surface area contributed by atoms with Crippen molar-refractivity contribution in [1.82, 2.24) is 0 Å². The second-order valence-corrected chi connectivity index (χ2v) is 10.1. The number of hydrogen-bond acceptors (Lipinski definition) is 5. The average Bonchev–Trinajstić information content (AvgIpc) is 2.89. The Kier molecular flexibility index (Phi) is 19.0. The third-order valence-corrected chi connectivity index (χ3v) is 6.69. The van der Waals surface area contributed by atoms with Gasteiger partial charge in [-0.3, -0.25) is 9.59 Å². The average molecular weight is 505 g/mol. The Morgan fingerprint density at radius 1 is 0.639 bits per heavy atom. The third-order valence-electron chi connectivity index (χ3n) is 6.69. The zero-order chi connectivity index (χ0) is 26.3. The SMILES string of the molecule is CCCCCCCCOC(=O)C(C)(CCCCOCc1ccccc1)C(=O)OCCCCCCCC. The lowest BCUT2D eigenvalue weighted by Crippen LogP contribution is -2.39. The molecule has 0 amide bonds. The van der Waals surface area contributed by atoms with Gasteiger partial charge in [-0.15, -0.1) is 0 Å². The minimum atomic E-state index is -1.26. The molecule has 0 radical (unpaired) electrons. The summed E-state index contributed by atoms with van der Waals surface area (Å²) in [5.41, 5.74) is -0.122. The Labute approximate surface area is 220 Å². The van der Waals surface area contributed by atoms with E-state index in [4.69, 9.17) is 14.2 Å². The third kappa shape index (κ3) is 14.6. The first kappa shape index (κ1) is 32.1. The van der Waals surface area contributed by atoms with Gasteiger partial charge in [0.1, 0.15) is 0 Å². The van der Waals surface area contributed by atoms with Crippen molar-refractivity contribution in [2.45, 2.75) is 124 Å². The van der Waals surface area contributed by atoms with E-state index in [1.807, 2.05) is 30.3 Å². The monoisotopic (exact) mass is 504 g/mol. The van der Waals surface area contributed by atoms with Crippen LogP contribution >= 0.6 is 0 Å². The maximum atomic E-state index is 13.0. The molecule has 0 aliphatic rings. The van der Waals surface area contributed by atoms with Crippen LogP contribution in [0.5, 0.6) is 0 Å². The van der Waals surface area contributed by atoms with Crippen LogP contribution in [0.25, 0.3) is 0 Å². The van der Waals surface area contributed by atoms with Gasteiger partial charge >= 0.3 is 11.9 Å². The van der Waals surface area contributed by atoms with Gasteiger partial charge in [0.25, 0.3) is 0 Å². The summed E-state index contributed by atoms with van der Waals surface area (Å²) in [6.45, 7) is 7.97. The maximum absolute atomic E-state index is 13.0. The molecule has 1 aromatic rings. The fourth-order valence-corrected chi connectivity index (χ4v) is 4.15. The first-order chi connectivity index (χ1) is 17.5. The van der Waals surface area contributed by atoms with Crippen molar-refractivity contribution in [2.75, 3.05) is 19.8 Å². The van der Waals surface area contributed by atoms with E-state index < -0.39 is 17.4 Å². The standard InChI is InChI=1S/C31H52O5/c1-4-6-8-10-12-18-25-35-29(32)31(3,30(33)36-26-19-13-11-9-7-5-2)23-17-20-24-34-27-28-21-15-14-16-22-28/h14-16,21-22H,4-13,17-20,23-27H2,1-3H3. The number of benzene rings is 1. The van der Waals surface area contributed by atoms with Crippen molar-refractivity contribution in [3.8, 4) is 0 Å². The summed E-state index contributed by atoms with van der Waals surface area (Å²) < 4.78 is 16.9. The summed E-state index contributed by atoms with van der Waals surface area (Å²) in [5, 5.41) is 0. The van der Waals surface area contributed by atoms with Crippen LogP contribution in [-0.4, -0.2) is 31.8 Å².